The summed E-state index contributed by atoms with van der Waals surface area (Å²) in [4.78, 5) is 8.04. The molecule has 0 amide bonds. The number of halogens is 4. The summed E-state index contributed by atoms with van der Waals surface area (Å²) in [5.74, 6) is 14.2. The molecule has 0 unspecified atom stereocenters. The van der Waals surface area contributed by atoms with Gasteiger partial charge in [-0.15, -0.1) is 79.3 Å². The fourth-order valence-corrected chi connectivity index (χ4v) is 7.88. The number of aromatic nitrogens is 2. The van der Waals surface area contributed by atoms with Crippen molar-refractivity contribution < 1.29 is 4.42 Å². The summed E-state index contributed by atoms with van der Waals surface area (Å²) in [6.45, 7) is 0. The van der Waals surface area contributed by atoms with Crippen molar-refractivity contribution in [1.29, 1.82) is 0 Å². The van der Waals surface area contributed by atoms with Gasteiger partial charge in [-0.2, -0.15) is 0 Å². The second-order valence-electron chi connectivity index (χ2n) is 13.0. The van der Waals surface area contributed by atoms with E-state index in [2.05, 4.69) is 189 Å². The minimum Gasteiger partial charge on any atom is -0.414 e. The second-order valence-corrected chi connectivity index (χ2v) is 16.8. The Morgan fingerprint density at radius 3 is 0.952 bits per heavy atom. The molecule has 6 aromatic carbocycles. The number of alkyl halides is 4. The third kappa shape index (κ3) is 12.2. The number of para-hydroxylation sites is 4. The number of hydrogen-bond donors (Lipinski definition) is 0. The monoisotopic (exact) mass is 936 g/mol. The highest BCUT2D eigenvalue weighted by atomic mass is 35.5. The summed E-state index contributed by atoms with van der Waals surface area (Å²) in [5.41, 5.74) is 8.38. The first kappa shape index (κ1) is 44.8. The molecule has 0 atom stereocenters. The first-order valence-corrected chi connectivity index (χ1v) is 23.2. The Morgan fingerprint density at radius 1 is 0.365 bits per heavy atom. The maximum absolute atomic E-state index is 6.12. The Kier molecular flexibility index (Phi) is 16.5. The lowest BCUT2D eigenvalue weighted by atomic mass is 10.1. The van der Waals surface area contributed by atoms with E-state index in [0.29, 0.717) is 11.8 Å². The number of anilines is 6. The molecule has 9 aromatic rings. The van der Waals surface area contributed by atoms with Gasteiger partial charge in [0.15, 0.2) is 0 Å². The van der Waals surface area contributed by atoms with E-state index >= 15 is 0 Å². The normalized spacial score (nSPS) is 10.1. The molecular weight excluding hydrogens is 903 g/mol. The average molecular weight is 939 g/mol. The zero-order valence-corrected chi connectivity index (χ0v) is 38.1. The standard InChI is InChI=1S/C50H32N4OS2.2CH2Cl2/c1-5-13-39(14-6-1)53(40-15-7-2-8-16-40)43-27-21-37(22-28-43)25-31-45-33-35-47(56-45)49-51-52-50(55-49)48-36-34-46(57-48)32-26-38-23-29-44(30-24-38)54(41-17-9-3-10-18-41)42-19-11-4-12-20-42;2*2-1-3/h1-24,27-30,33-36H;2*1H2. The summed E-state index contributed by atoms with van der Waals surface area (Å²) in [7, 11) is 0. The number of nitrogens with zero attached hydrogens (tertiary/aromatic N) is 4. The van der Waals surface area contributed by atoms with Gasteiger partial charge in [0.2, 0.25) is 0 Å². The summed E-state index contributed by atoms with van der Waals surface area (Å²) < 4.78 is 6.12. The highest BCUT2D eigenvalue weighted by molar-refractivity contribution is 7.16. The van der Waals surface area contributed by atoms with Crippen molar-refractivity contribution in [3.05, 3.63) is 215 Å². The number of thiophene rings is 2. The Morgan fingerprint density at radius 2 is 0.651 bits per heavy atom. The highest BCUT2D eigenvalue weighted by Gasteiger charge is 2.15. The van der Waals surface area contributed by atoms with Crippen LogP contribution in [-0.2, 0) is 0 Å². The van der Waals surface area contributed by atoms with Crippen molar-refractivity contribution in [2.24, 2.45) is 0 Å². The highest BCUT2D eigenvalue weighted by Crippen LogP contribution is 2.36. The van der Waals surface area contributed by atoms with Gasteiger partial charge in [-0.1, -0.05) is 96.5 Å². The number of rotatable bonds is 8. The lowest BCUT2D eigenvalue weighted by Crippen LogP contribution is -2.09. The van der Waals surface area contributed by atoms with Gasteiger partial charge in [0.1, 0.15) is 0 Å². The van der Waals surface area contributed by atoms with E-state index in [9.17, 15) is 0 Å². The molecule has 0 aliphatic rings. The Hall–Kier alpha value is -6.26. The van der Waals surface area contributed by atoms with Crippen LogP contribution in [0.4, 0.5) is 34.1 Å². The molecule has 0 aliphatic heterocycles. The van der Waals surface area contributed by atoms with E-state index < -0.39 is 0 Å². The van der Waals surface area contributed by atoms with Crippen LogP contribution in [0.25, 0.3) is 21.5 Å². The molecule has 0 fully saturated rings. The molecule has 3 heterocycles. The molecule has 0 radical (unpaired) electrons. The molecule has 0 aliphatic carbocycles. The van der Waals surface area contributed by atoms with Crippen molar-refractivity contribution >= 4 is 103 Å². The minimum absolute atomic E-state index is 0.194. The van der Waals surface area contributed by atoms with Gasteiger partial charge in [-0.05, 0) is 121 Å². The number of hydrogen-bond acceptors (Lipinski definition) is 7. The first-order chi connectivity index (χ1) is 31.1. The topological polar surface area (TPSA) is 45.4 Å². The Bertz CT molecular complexity index is 2620. The van der Waals surface area contributed by atoms with Gasteiger partial charge in [0.25, 0.3) is 11.8 Å². The van der Waals surface area contributed by atoms with Gasteiger partial charge < -0.3 is 14.2 Å². The summed E-state index contributed by atoms with van der Waals surface area (Å²) in [6.07, 6.45) is 0. The largest absolute Gasteiger partial charge is 0.414 e. The summed E-state index contributed by atoms with van der Waals surface area (Å²) in [5, 5.41) is 9.08. The van der Waals surface area contributed by atoms with Crippen molar-refractivity contribution in [3.63, 3.8) is 0 Å². The molecule has 0 saturated heterocycles. The molecule has 3 aromatic heterocycles. The fourth-order valence-electron chi connectivity index (χ4n) is 6.32. The zero-order valence-electron chi connectivity index (χ0n) is 33.4. The summed E-state index contributed by atoms with van der Waals surface area (Å²) >= 11 is 22.1. The van der Waals surface area contributed by atoms with Gasteiger partial charge in [-0.3, -0.25) is 0 Å². The SMILES string of the molecule is C(#Cc1ccc(-c2nnc(-c3ccc(C#Cc4ccc(N(c5ccccc5)c5ccccc5)cc4)s3)o2)s1)c1ccc(N(c2ccccc2)c2ccccc2)cc1.ClCCl.ClCCl. The van der Waals surface area contributed by atoms with Crippen molar-refractivity contribution in [2.75, 3.05) is 20.5 Å². The quantitative estimate of drug-likeness (QED) is 0.112. The van der Waals surface area contributed by atoms with Crippen LogP contribution < -0.4 is 9.80 Å². The average Bonchev–Trinajstić information content (AvgIpc) is 4.13. The van der Waals surface area contributed by atoms with Crippen LogP contribution in [-0.4, -0.2) is 20.9 Å². The maximum atomic E-state index is 6.12. The molecule has 310 valence electrons. The maximum Gasteiger partial charge on any atom is 0.258 e. The Labute approximate surface area is 395 Å². The third-order valence-corrected chi connectivity index (χ3v) is 11.0. The molecule has 9 rings (SSSR count). The zero-order chi connectivity index (χ0) is 43.6. The first-order valence-electron chi connectivity index (χ1n) is 19.4. The van der Waals surface area contributed by atoms with Crippen LogP contribution in [0.2, 0.25) is 0 Å². The van der Waals surface area contributed by atoms with E-state index in [-0.39, 0.29) is 10.7 Å². The van der Waals surface area contributed by atoms with Gasteiger partial charge in [0.05, 0.1) is 30.2 Å². The van der Waals surface area contributed by atoms with Crippen molar-refractivity contribution in [1.82, 2.24) is 10.2 Å². The predicted octanol–water partition coefficient (Wildman–Crippen LogP) is 16.1. The molecular formula is C52H36Cl4N4OS2. The van der Waals surface area contributed by atoms with Crippen molar-refractivity contribution in [2.45, 2.75) is 0 Å². The smallest absolute Gasteiger partial charge is 0.258 e. The molecule has 63 heavy (non-hydrogen) atoms. The van der Waals surface area contributed by atoms with E-state index in [1.165, 1.54) is 22.7 Å². The fraction of sp³-hybridized carbons (Fsp3) is 0.0385. The summed E-state index contributed by atoms with van der Waals surface area (Å²) in [6, 6.07) is 66.0. The van der Waals surface area contributed by atoms with E-state index in [0.717, 1.165) is 64.8 Å². The van der Waals surface area contributed by atoms with E-state index in [4.69, 9.17) is 50.8 Å². The molecule has 5 nitrogen and oxygen atoms in total. The van der Waals surface area contributed by atoms with Crippen LogP contribution in [0.15, 0.2) is 199 Å². The van der Waals surface area contributed by atoms with E-state index in [1.54, 1.807) is 0 Å². The van der Waals surface area contributed by atoms with Crippen molar-refractivity contribution in [3.8, 4) is 45.2 Å². The molecule has 0 N–H and O–H groups in total. The Balaban J connectivity index is 0.000000940. The third-order valence-electron chi connectivity index (χ3n) is 9.03. The van der Waals surface area contributed by atoms with Crippen LogP contribution in [0, 0.1) is 23.7 Å². The van der Waals surface area contributed by atoms with Crippen LogP contribution >= 0.6 is 69.1 Å². The van der Waals surface area contributed by atoms with Crippen LogP contribution in [0.3, 0.4) is 0 Å². The van der Waals surface area contributed by atoms with Crippen LogP contribution in [0.5, 0.6) is 0 Å². The number of benzene rings is 6. The molecule has 0 bridgehead atoms. The molecule has 11 heteroatoms. The van der Waals surface area contributed by atoms with Gasteiger partial charge >= 0.3 is 0 Å². The van der Waals surface area contributed by atoms with Gasteiger partial charge in [0, 0.05) is 45.3 Å². The molecule has 0 spiro atoms. The lowest BCUT2D eigenvalue weighted by Gasteiger charge is -2.25. The predicted molar refractivity (Wildman–Crippen MR) is 268 cm³/mol. The lowest BCUT2D eigenvalue weighted by molar-refractivity contribution is 0.587. The van der Waals surface area contributed by atoms with Gasteiger partial charge in [-0.25, -0.2) is 0 Å². The van der Waals surface area contributed by atoms with Crippen LogP contribution in [0.1, 0.15) is 20.9 Å². The van der Waals surface area contributed by atoms with E-state index in [1.807, 2.05) is 48.5 Å². The second kappa shape index (κ2) is 23.3. The molecule has 0 saturated carbocycles. The minimum atomic E-state index is 0.194.